The number of carbonyl (C=O) groups is 2. The van der Waals surface area contributed by atoms with E-state index < -0.39 is 23.6 Å². The van der Waals surface area contributed by atoms with Crippen LogP contribution in [0.5, 0.6) is 5.75 Å². The van der Waals surface area contributed by atoms with Gasteiger partial charge in [0.2, 0.25) is 0 Å². The Balaban J connectivity index is 2.59. The van der Waals surface area contributed by atoms with E-state index in [9.17, 15) is 9.59 Å². The lowest BCUT2D eigenvalue weighted by atomic mass is 10.0. The second-order valence-electron chi connectivity index (χ2n) is 5.65. The molecule has 0 saturated heterocycles. The first-order valence-corrected chi connectivity index (χ1v) is 6.40. The van der Waals surface area contributed by atoms with Crippen LogP contribution in [0.15, 0.2) is 24.3 Å². The third-order valence-electron chi connectivity index (χ3n) is 2.48. The van der Waals surface area contributed by atoms with Crippen LogP contribution in [0, 0.1) is 5.92 Å². The maximum Gasteiger partial charge on any atom is 0.514 e. The highest BCUT2D eigenvalue weighted by molar-refractivity contribution is 5.70. The molecule has 0 fully saturated rings. The van der Waals surface area contributed by atoms with Gasteiger partial charge in [-0.3, -0.25) is 4.79 Å². The average Bonchev–Trinajstić information content (AvgIpc) is 2.28. The lowest BCUT2D eigenvalue weighted by Gasteiger charge is -2.18. The Morgan fingerprint density at radius 1 is 1.20 bits per heavy atom. The first kappa shape index (κ1) is 16.0. The minimum Gasteiger partial charge on any atom is -0.481 e. The van der Waals surface area contributed by atoms with Crippen molar-refractivity contribution in [2.24, 2.45) is 5.92 Å². The number of benzene rings is 1. The molecule has 0 aliphatic heterocycles. The minimum atomic E-state index is -0.834. The van der Waals surface area contributed by atoms with Gasteiger partial charge in [0.25, 0.3) is 0 Å². The lowest BCUT2D eigenvalue weighted by molar-refractivity contribution is -0.141. The van der Waals surface area contributed by atoms with Gasteiger partial charge in [-0.1, -0.05) is 19.1 Å². The van der Waals surface area contributed by atoms with E-state index in [1.54, 1.807) is 52.0 Å². The molecule has 0 aromatic heterocycles. The van der Waals surface area contributed by atoms with E-state index in [0.29, 0.717) is 12.2 Å². The van der Waals surface area contributed by atoms with Gasteiger partial charge in [-0.05, 0) is 44.9 Å². The molecule has 0 spiro atoms. The maximum atomic E-state index is 11.5. The van der Waals surface area contributed by atoms with Crippen molar-refractivity contribution in [3.05, 3.63) is 29.8 Å². The van der Waals surface area contributed by atoms with Crippen molar-refractivity contribution in [2.45, 2.75) is 39.7 Å². The van der Waals surface area contributed by atoms with Gasteiger partial charge in [-0.25, -0.2) is 4.79 Å². The number of carboxylic acids is 1. The van der Waals surface area contributed by atoms with Crippen molar-refractivity contribution >= 4 is 12.1 Å². The molecular formula is C15H20O5. The van der Waals surface area contributed by atoms with Crippen molar-refractivity contribution in [3.8, 4) is 5.75 Å². The van der Waals surface area contributed by atoms with E-state index in [0.717, 1.165) is 5.56 Å². The van der Waals surface area contributed by atoms with Gasteiger partial charge in [0, 0.05) is 0 Å². The maximum absolute atomic E-state index is 11.5. The van der Waals surface area contributed by atoms with Crippen molar-refractivity contribution < 1.29 is 24.2 Å². The van der Waals surface area contributed by atoms with Crippen LogP contribution >= 0.6 is 0 Å². The summed E-state index contributed by atoms with van der Waals surface area (Å²) in [5, 5.41) is 8.84. The quantitative estimate of drug-likeness (QED) is 0.677. The molecule has 1 rings (SSSR count). The SMILES string of the molecule is C[C@H](Cc1ccc(OC(=O)OC(C)(C)C)cc1)C(=O)O. The van der Waals surface area contributed by atoms with E-state index in [4.69, 9.17) is 14.6 Å². The molecule has 1 N–H and O–H groups in total. The number of aliphatic carboxylic acids is 1. The van der Waals surface area contributed by atoms with E-state index in [2.05, 4.69) is 0 Å². The van der Waals surface area contributed by atoms with Crippen LogP contribution < -0.4 is 4.74 Å². The van der Waals surface area contributed by atoms with Gasteiger partial charge in [-0.15, -0.1) is 0 Å². The molecule has 0 unspecified atom stereocenters. The summed E-state index contributed by atoms with van der Waals surface area (Å²) in [6.45, 7) is 6.91. The Bertz CT molecular complexity index is 470. The lowest BCUT2D eigenvalue weighted by Crippen LogP contribution is -2.25. The molecule has 0 aliphatic carbocycles. The van der Waals surface area contributed by atoms with Crippen LogP contribution in [0.2, 0.25) is 0 Å². The highest BCUT2D eigenvalue weighted by Crippen LogP contribution is 2.17. The van der Waals surface area contributed by atoms with Gasteiger partial charge in [-0.2, -0.15) is 0 Å². The van der Waals surface area contributed by atoms with Crippen molar-refractivity contribution in [1.82, 2.24) is 0 Å². The van der Waals surface area contributed by atoms with Crippen molar-refractivity contribution in [3.63, 3.8) is 0 Å². The van der Waals surface area contributed by atoms with Crippen LogP contribution in [0.1, 0.15) is 33.3 Å². The summed E-state index contributed by atoms with van der Waals surface area (Å²) in [6.07, 6.45) is -0.327. The van der Waals surface area contributed by atoms with E-state index in [1.165, 1.54) is 0 Å². The van der Waals surface area contributed by atoms with E-state index in [-0.39, 0.29) is 0 Å². The molecule has 0 amide bonds. The first-order valence-electron chi connectivity index (χ1n) is 6.40. The van der Waals surface area contributed by atoms with Crippen LogP contribution in [0.4, 0.5) is 4.79 Å². The Morgan fingerprint density at radius 3 is 2.20 bits per heavy atom. The van der Waals surface area contributed by atoms with Crippen LogP contribution in [-0.2, 0) is 16.0 Å². The Hall–Kier alpha value is -2.04. The number of rotatable bonds is 4. The molecule has 5 heteroatoms. The van der Waals surface area contributed by atoms with Crippen LogP contribution in [-0.4, -0.2) is 22.8 Å². The van der Waals surface area contributed by atoms with Crippen molar-refractivity contribution in [2.75, 3.05) is 0 Å². The highest BCUT2D eigenvalue weighted by atomic mass is 16.7. The average molecular weight is 280 g/mol. The summed E-state index contributed by atoms with van der Waals surface area (Å²) < 4.78 is 10.0. The highest BCUT2D eigenvalue weighted by Gasteiger charge is 2.18. The van der Waals surface area contributed by atoms with Crippen LogP contribution in [0.3, 0.4) is 0 Å². The van der Waals surface area contributed by atoms with E-state index in [1.807, 2.05) is 0 Å². The topological polar surface area (TPSA) is 72.8 Å². The summed E-state index contributed by atoms with van der Waals surface area (Å²) in [7, 11) is 0. The molecule has 1 aromatic rings. The fourth-order valence-electron chi connectivity index (χ4n) is 1.50. The summed E-state index contributed by atoms with van der Waals surface area (Å²) in [6, 6.07) is 6.71. The number of hydrogen-bond acceptors (Lipinski definition) is 4. The van der Waals surface area contributed by atoms with E-state index >= 15 is 0 Å². The van der Waals surface area contributed by atoms with Crippen LogP contribution in [0.25, 0.3) is 0 Å². The molecular weight excluding hydrogens is 260 g/mol. The molecule has 0 bridgehead atoms. The smallest absolute Gasteiger partial charge is 0.481 e. The van der Waals surface area contributed by atoms with Crippen molar-refractivity contribution in [1.29, 1.82) is 0 Å². The molecule has 5 nitrogen and oxygen atoms in total. The number of ether oxygens (including phenoxy) is 2. The largest absolute Gasteiger partial charge is 0.514 e. The molecule has 0 heterocycles. The predicted molar refractivity (Wildman–Crippen MR) is 73.8 cm³/mol. The Morgan fingerprint density at radius 2 is 1.75 bits per heavy atom. The van der Waals surface area contributed by atoms with Gasteiger partial charge in [0.05, 0.1) is 5.92 Å². The number of carbonyl (C=O) groups excluding carboxylic acids is 1. The fraction of sp³-hybridized carbons (Fsp3) is 0.467. The zero-order valence-electron chi connectivity index (χ0n) is 12.2. The fourth-order valence-corrected chi connectivity index (χ4v) is 1.50. The third kappa shape index (κ3) is 5.73. The normalized spacial score (nSPS) is 12.6. The molecule has 0 radical (unpaired) electrons. The van der Waals surface area contributed by atoms with Gasteiger partial charge in [0.1, 0.15) is 11.4 Å². The summed E-state index contributed by atoms with van der Waals surface area (Å²) in [5.41, 5.74) is 0.268. The molecule has 1 aromatic carbocycles. The zero-order valence-corrected chi connectivity index (χ0v) is 12.2. The minimum absolute atomic E-state index is 0.367. The standard InChI is InChI=1S/C15H20O5/c1-10(13(16)17)9-11-5-7-12(8-6-11)19-14(18)20-15(2,3)4/h5-8,10H,9H2,1-4H3,(H,16,17)/t10-/m1/s1. The third-order valence-corrected chi connectivity index (χ3v) is 2.48. The number of carboxylic acid groups (broad SMARTS) is 1. The van der Waals surface area contributed by atoms with Gasteiger partial charge >= 0.3 is 12.1 Å². The summed E-state index contributed by atoms with van der Waals surface area (Å²) in [4.78, 5) is 22.2. The summed E-state index contributed by atoms with van der Waals surface area (Å²) in [5.74, 6) is -0.919. The predicted octanol–water partition coefficient (Wildman–Crippen LogP) is 3.26. The van der Waals surface area contributed by atoms with Gasteiger partial charge in [0.15, 0.2) is 0 Å². The Kier molecular flexibility index (Phi) is 5.13. The first-order chi connectivity index (χ1) is 9.17. The second kappa shape index (κ2) is 6.41. The van der Waals surface area contributed by atoms with Gasteiger partial charge < -0.3 is 14.6 Å². The molecule has 0 aliphatic rings. The molecule has 20 heavy (non-hydrogen) atoms. The summed E-state index contributed by atoms with van der Waals surface area (Å²) >= 11 is 0. The molecule has 1 atom stereocenters. The monoisotopic (exact) mass is 280 g/mol. The number of hydrogen-bond donors (Lipinski definition) is 1. The zero-order chi connectivity index (χ0) is 15.3. The Labute approximate surface area is 118 Å². The molecule has 0 saturated carbocycles. The second-order valence-corrected chi connectivity index (χ2v) is 5.65. The molecule has 110 valence electrons.